The second-order valence-electron chi connectivity index (χ2n) is 7.19. The standard InChI is InChI=1S/C17H26N6O2S/c1-21(2)15-13(6-19-17(20-15)26-3)16(25)23-9-11-7-22(5-4-14(18)24)8-12(11)10-23/h6,11-12H,4-5,7-10H2,1-3H3,(H2,18,24). The van der Waals surface area contributed by atoms with E-state index in [1.807, 2.05) is 30.2 Å². The Balaban J connectivity index is 1.66. The summed E-state index contributed by atoms with van der Waals surface area (Å²) in [6, 6.07) is 0. The Morgan fingerprint density at radius 1 is 1.27 bits per heavy atom. The Morgan fingerprint density at radius 3 is 2.46 bits per heavy atom. The van der Waals surface area contributed by atoms with Crippen LogP contribution in [0.5, 0.6) is 0 Å². The fraction of sp³-hybridized carbons (Fsp3) is 0.647. The summed E-state index contributed by atoms with van der Waals surface area (Å²) in [5, 5.41) is 0.661. The van der Waals surface area contributed by atoms with E-state index in [-0.39, 0.29) is 11.8 Å². The molecule has 0 radical (unpaired) electrons. The SMILES string of the molecule is CSc1ncc(C(=O)N2CC3CN(CCC(N)=O)CC3C2)c(N(C)C)n1. The second kappa shape index (κ2) is 7.79. The smallest absolute Gasteiger partial charge is 0.259 e. The third-order valence-corrected chi connectivity index (χ3v) is 5.67. The van der Waals surface area contributed by atoms with Crippen LogP contribution >= 0.6 is 11.8 Å². The van der Waals surface area contributed by atoms with Crippen LogP contribution in [-0.2, 0) is 4.79 Å². The highest BCUT2D eigenvalue weighted by molar-refractivity contribution is 7.98. The van der Waals surface area contributed by atoms with E-state index in [1.165, 1.54) is 11.8 Å². The fourth-order valence-corrected chi connectivity index (χ4v) is 4.16. The van der Waals surface area contributed by atoms with E-state index in [0.29, 0.717) is 41.3 Å². The van der Waals surface area contributed by atoms with Crippen LogP contribution in [0, 0.1) is 11.8 Å². The number of anilines is 1. The lowest BCUT2D eigenvalue weighted by Crippen LogP contribution is -2.35. The van der Waals surface area contributed by atoms with Crippen molar-refractivity contribution < 1.29 is 9.59 Å². The number of nitrogens with zero attached hydrogens (tertiary/aromatic N) is 5. The van der Waals surface area contributed by atoms with Crippen LogP contribution in [0.2, 0.25) is 0 Å². The summed E-state index contributed by atoms with van der Waals surface area (Å²) in [6.45, 7) is 4.04. The summed E-state index contributed by atoms with van der Waals surface area (Å²) >= 11 is 1.46. The van der Waals surface area contributed by atoms with Crippen molar-refractivity contribution in [2.24, 2.45) is 17.6 Å². The molecule has 0 bridgehead atoms. The van der Waals surface area contributed by atoms with E-state index in [2.05, 4.69) is 14.9 Å². The molecule has 1 aromatic rings. The van der Waals surface area contributed by atoms with Crippen molar-refractivity contribution in [1.29, 1.82) is 0 Å². The summed E-state index contributed by atoms with van der Waals surface area (Å²) in [6.07, 6.45) is 3.96. The molecule has 2 aliphatic rings. The van der Waals surface area contributed by atoms with Gasteiger partial charge in [-0.25, -0.2) is 9.97 Å². The molecule has 0 aliphatic carbocycles. The van der Waals surface area contributed by atoms with Gasteiger partial charge in [-0.2, -0.15) is 0 Å². The Hall–Kier alpha value is -1.87. The van der Waals surface area contributed by atoms with Gasteiger partial charge in [0.2, 0.25) is 5.91 Å². The number of rotatable bonds is 6. The van der Waals surface area contributed by atoms with Crippen molar-refractivity contribution in [3.8, 4) is 0 Å². The molecule has 2 fully saturated rings. The predicted molar refractivity (Wildman–Crippen MR) is 101 cm³/mol. The van der Waals surface area contributed by atoms with Crippen molar-refractivity contribution in [2.45, 2.75) is 11.6 Å². The van der Waals surface area contributed by atoms with Gasteiger partial charge in [0.25, 0.3) is 5.91 Å². The highest BCUT2D eigenvalue weighted by Gasteiger charge is 2.42. The molecule has 0 spiro atoms. The van der Waals surface area contributed by atoms with Gasteiger partial charge in [0.05, 0.1) is 0 Å². The maximum Gasteiger partial charge on any atom is 0.259 e. The van der Waals surface area contributed by atoms with E-state index in [9.17, 15) is 9.59 Å². The molecule has 2 saturated heterocycles. The molecule has 1 aromatic heterocycles. The number of carbonyl (C=O) groups excluding carboxylic acids is 2. The minimum Gasteiger partial charge on any atom is -0.370 e. The first-order chi connectivity index (χ1) is 12.4. The van der Waals surface area contributed by atoms with Crippen molar-refractivity contribution in [1.82, 2.24) is 19.8 Å². The molecule has 2 N–H and O–H groups in total. The Morgan fingerprint density at radius 2 is 1.92 bits per heavy atom. The molecule has 2 atom stereocenters. The number of fused-ring (bicyclic) bond motifs is 1. The maximum atomic E-state index is 13.0. The van der Waals surface area contributed by atoms with Crippen LogP contribution in [0.4, 0.5) is 5.82 Å². The van der Waals surface area contributed by atoms with Crippen LogP contribution in [0.1, 0.15) is 16.8 Å². The topological polar surface area (TPSA) is 95.7 Å². The third-order valence-electron chi connectivity index (χ3n) is 5.11. The molecule has 8 nitrogen and oxygen atoms in total. The minimum atomic E-state index is -0.260. The van der Waals surface area contributed by atoms with Gasteiger partial charge in [0, 0.05) is 59.4 Å². The highest BCUT2D eigenvalue weighted by atomic mass is 32.2. The van der Waals surface area contributed by atoms with Crippen molar-refractivity contribution in [2.75, 3.05) is 58.0 Å². The molecule has 2 amide bonds. The minimum absolute atomic E-state index is 0.000519. The van der Waals surface area contributed by atoms with E-state index in [0.717, 1.165) is 26.2 Å². The molecular formula is C17H26N6O2S. The Bertz CT molecular complexity index is 684. The molecule has 26 heavy (non-hydrogen) atoms. The molecule has 9 heteroatoms. The number of amides is 2. The number of carbonyl (C=O) groups is 2. The molecular weight excluding hydrogens is 352 g/mol. The van der Waals surface area contributed by atoms with E-state index in [1.54, 1.807) is 6.20 Å². The van der Waals surface area contributed by atoms with Crippen LogP contribution in [0.3, 0.4) is 0 Å². The van der Waals surface area contributed by atoms with Crippen molar-refractivity contribution >= 4 is 29.4 Å². The number of hydrogen-bond acceptors (Lipinski definition) is 7. The molecule has 0 saturated carbocycles. The largest absolute Gasteiger partial charge is 0.370 e. The molecule has 0 aromatic carbocycles. The average Bonchev–Trinajstić information content (AvgIpc) is 3.17. The first-order valence-corrected chi connectivity index (χ1v) is 9.99. The lowest BCUT2D eigenvalue weighted by molar-refractivity contribution is -0.118. The van der Waals surface area contributed by atoms with Gasteiger partial charge < -0.3 is 20.4 Å². The number of likely N-dealkylation sites (tertiary alicyclic amines) is 2. The van der Waals surface area contributed by atoms with Gasteiger partial charge in [0.1, 0.15) is 11.4 Å². The van der Waals surface area contributed by atoms with Gasteiger partial charge in [-0.1, -0.05) is 11.8 Å². The monoisotopic (exact) mass is 378 g/mol. The van der Waals surface area contributed by atoms with E-state index in [4.69, 9.17) is 5.73 Å². The molecule has 3 heterocycles. The van der Waals surface area contributed by atoms with Gasteiger partial charge in [-0.3, -0.25) is 9.59 Å². The summed E-state index contributed by atoms with van der Waals surface area (Å²) < 4.78 is 0. The lowest BCUT2D eigenvalue weighted by Gasteiger charge is -2.23. The Kier molecular flexibility index (Phi) is 5.67. The maximum absolute atomic E-state index is 13.0. The Labute approximate surface area is 158 Å². The number of hydrogen-bond donors (Lipinski definition) is 1. The predicted octanol–water partition coefficient (Wildman–Crippen LogP) is 0.144. The summed E-state index contributed by atoms with van der Waals surface area (Å²) in [5.41, 5.74) is 5.79. The number of aromatic nitrogens is 2. The van der Waals surface area contributed by atoms with Gasteiger partial charge >= 0.3 is 0 Å². The van der Waals surface area contributed by atoms with E-state index >= 15 is 0 Å². The number of thioether (sulfide) groups is 1. The summed E-state index contributed by atoms with van der Waals surface area (Å²) in [4.78, 5) is 38.8. The number of nitrogens with two attached hydrogens (primary N) is 1. The quantitative estimate of drug-likeness (QED) is 0.556. The van der Waals surface area contributed by atoms with Crippen LogP contribution in [0.25, 0.3) is 0 Å². The van der Waals surface area contributed by atoms with E-state index < -0.39 is 0 Å². The molecule has 2 unspecified atom stereocenters. The van der Waals surface area contributed by atoms with Gasteiger partial charge in [0.15, 0.2) is 5.16 Å². The fourth-order valence-electron chi connectivity index (χ4n) is 3.82. The first-order valence-electron chi connectivity index (χ1n) is 8.77. The van der Waals surface area contributed by atoms with Crippen LogP contribution < -0.4 is 10.6 Å². The zero-order valence-electron chi connectivity index (χ0n) is 15.5. The zero-order valence-corrected chi connectivity index (χ0v) is 16.3. The summed E-state index contributed by atoms with van der Waals surface area (Å²) in [5.74, 6) is 1.32. The lowest BCUT2D eigenvalue weighted by atomic mass is 10.0. The van der Waals surface area contributed by atoms with Crippen LogP contribution in [-0.4, -0.2) is 84.7 Å². The molecule has 142 valence electrons. The van der Waals surface area contributed by atoms with Crippen LogP contribution in [0.15, 0.2) is 11.4 Å². The zero-order chi connectivity index (χ0) is 18.8. The third kappa shape index (κ3) is 3.93. The summed E-state index contributed by atoms with van der Waals surface area (Å²) in [7, 11) is 3.77. The van der Waals surface area contributed by atoms with Crippen molar-refractivity contribution in [3.05, 3.63) is 11.8 Å². The molecule has 2 aliphatic heterocycles. The number of primary amides is 1. The average molecular weight is 379 g/mol. The normalized spacial score (nSPS) is 22.5. The second-order valence-corrected chi connectivity index (χ2v) is 7.97. The highest BCUT2D eigenvalue weighted by Crippen LogP contribution is 2.32. The van der Waals surface area contributed by atoms with Gasteiger partial charge in [-0.05, 0) is 18.1 Å². The van der Waals surface area contributed by atoms with Gasteiger partial charge in [-0.15, -0.1) is 0 Å². The first kappa shape index (κ1) is 18.9. The molecule has 3 rings (SSSR count). The van der Waals surface area contributed by atoms with Crippen molar-refractivity contribution in [3.63, 3.8) is 0 Å².